The molecule has 3 rings (SSSR count). The Labute approximate surface area is 142 Å². The van der Waals surface area contributed by atoms with E-state index in [1.165, 1.54) is 0 Å². The van der Waals surface area contributed by atoms with E-state index in [2.05, 4.69) is 24.1 Å². The third-order valence-corrected chi connectivity index (χ3v) is 3.96. The quantitative estimate of drug-likeness (QED) is 0.891. The fraction of sp³-hybridized carbons (Fsp3) is 0.368. The molecule has 0 unspecified atom stereocenters. The van der Waals surface area contributed by atoms with Gasteiger partial charge in [-0.3, -0.25) is 4.79 Å². The van der Waals surface area contributed by atoms with Crippen molar-refractivity contribution < 1.29 is 14.3 Å². The maximum atomic E-state index is 11.6. The van der Waals surface area contributed by atoms with Gasteiger partial charge in [-0.1, -0.05) is 26.8 Å². The molecule has 1 amide bonds. The number of hydrogen-bond acceptors (Lipinski definition) is 4. The molecule has 5 heteroatoms. The molecule has 0 spiro atoms. The largest absolute Gasteiger partial charge is 0.492 e. The molecule has 1 aliphatic heterocycles. The second kappa shape index (κ2) is 6.51. The van der Waals surface area contributed by atoms with Crippen LogP contribution >= 0.6 is 0 Å². The van der Waals surface area contributed by atoms with Crippen molar-refractivity contribution >= 4 is 11.6 Å². The summed E-state index contributed by atoms with van der Waals surface area (Å²) in [6.45, 7) is 6.87. The molecule has 1 N–H and O–H groups in total. The first kappa shape index (κ1) is 16.3. The number of carbonyl (C=O) groups excluding carboxylic acids is 1. The van der Waals surface area contributed by atoms with E-state index in [1.54, 1.807) is 18.3 Å². The third kappa shape index (κ3) is 3.35. The van der Waals surface area contributed by atoms with Crippen molar-refractivity contribution in [3.05, 3.63) is 42.1 Å². The van der Waals surface area contributed by atoms with Gasteiger partial charge in [0.15, 0.2) is 0 Å². The van der Waals surface area contributed by atoms with Crippen LogP contribution in [-0.2, 0) is 10.2 Å². The minimum absolute atomic E-state index is 0.00672. The number of rotatable bonds is 5. The maximum Gasteiger partial charge on any atom is 0.224 e. The standard InChI is InChI=1S/C19H22N2O3/c1-4-6-16(22)21-13-9-10-17(20-11-13)24-15-8-5-7-14-18(15)19(2,3)12-23-14/h5,7-11H,4,6,12H2,1-3H3,(H,21,22). The Hall–Kier alpha value is -2.56. The summed E-state index contributed by atoms with van der Waals surface area (Å²) in [5.41, 5.74) is 1.63. The predicted octanol–water partition coefficient (Wildman–Crippen LogP) is 4.28. The van der Waals surface area contributed by atoms with Gasteiger partial charge in [-0.25, -0.2) is 4.98 Å². The summed E-state index contributed by atoms with van der Waals surface area (Å²) in [6, 6.07) is 9.34. The zero-order valence-electron chi connectivity index (χ0n) is 14.3. The number of anilines is 1. The van der Waals surface area contributed by atoms with Gasteiger partial charge in [0, 0.05) is 23.5 Å². The Kier molecular flexibility index (Phi) is 4.42. The molecule has 0 atom stereocenters. The van der Waals surface area contributed by atoms with E-state index in [0.29, 0.717) is 24.6 Å². The maximum absolute atomic E-state index is 11.6. The summed E-state index contributed by atoms with van der Waals surface area (Å²) in [4.78, 5) is 15.9. The summed E-state index contributed by atoms with van der Waals surface area (Å²) in [6.07, 6.45) is 2.93. The molecule has 0 aliphatic carbocycles. The normalized spacial score (nSPS) is 14.6. The summed E-state index contributed by atoms with van der Waals surface area (Å²) in [5, 5.41) is 2.81. The smallest absolute Gasteiger partial charge is 0.224 e. The number of pyridine rings is 1. The Morgan fingerprint density at radius 3 is 2.88 bits per heavy atom. The molecule has 24 heavy (non-hydrogen) atoms. The van der Waals surface area contributed by atoms with Gasteiger partial charge in [0.2, 0.25) is 11.8 Å². The van der Waals surface area contributed by atoms with Crippen LogP contribution in [0, 0.1) is 0 Å². The van der Waals surface area contributed by atoms with Gasteiger partial charge in [0.1, 0.15) is 11.5 Å². The fourth-order valence-corrected chi connectivity index (χ4v) is 2.79. The van der Waals surface area contributed by atoms with Crippen LogP contribution in [0.2, 0.25) is 0 Å². The topological polar surface area (TPSA) is 60.5 Å². The zero-order chi connectivity index (χ0) is 17.2. The molecule has 1 aromatic heterocycles. The number of ether oxygens (including phenoxy) is 2. The molecular formula is C19H22N2O3. The van der Waals surface area contributed by atoms with Crippen molar-refractivity contribution in [2.45, 2.75) is 39.0 Å². The first-order valence-electron chi connectivity index (χ1n) is 8.19. The molecule has 0 fully saturated rings. The Bertz CT molecular complexity index is 739. The van der Waals surface area contributed by atoms with E-state index < -0.39 is 0 Å². The third-order valence-electron chi connectivity index (χ3n) is 3.96. The van der Waals surface area contributed by atoms with Crippen molar-refractivity contribution in [2.75, 3.05) is 11.9 Å². The minimum atomic E-state index is -0.0972. The molecule has 1 aromatic carbocycles. The number of benzene rings is 1. The Morgan fingerprint density at radius 2 is 2.17 bits per heavy atom. The lowest BCUT2D eigenvalue weighted by molar-refractivity contribution is -0.116. The molecule has 5 nitrogen and oxygen atoms in total. The van der Waals surface area contributed by atoms with Crippen LogP contribution in [0.3, 0.4) is 0 Å². The lowest BCUT2D eigenvalue weighted by Gasteiger charge is -2.18. The molecule has 0 radical (unpaired) electrons. The van der Waals surface area contributed by atoms with Gasteiger partial charge in [0.25, 0.3) is 0 Å². The Balaban J connectivity index is 1.76. The summed E-state index contributed by atoms with van der Waals surface area (Å²) < 4.78 is 11.7. The second-order valence-electron chi connectivity index (χ2n) is 6.59. The van der Waals surface area contributed by atoms with Crippen LogP contribution in [0.5, 0.6) is 17.4 Å². The molecule has 0 saturated carbocycles. The number of nitrogens with one attached hydrogen (secondary N) is 1. The summed E-state index contributed by atoms with van der Waals surface area (Å²) in [5.74, 6) is 2.10. The van der Waals surface area contributed by atoms with Crippen LogP contribution in [0.1, 0.15) is 39.2 Å². The highest BCUT2D eigenvalue weighted by Gasteiger charge is 2.35. The number of hydrogen-bond donors (Lipinski definition) is 1. The fourth-order valence-electron chi connectivity index (χ4n) is 2.79. The molecule has 0 saturated heterocycles. The van der Waals surface area contributed by atoms with Crippen molar-refractivity contribution in [1.82, 2.24) is 4.98 Å². The highest BCUT2D eigenvalue weighted by Crippen LogP contribution is 2.45. The highest BCUT2D eigenvalue weighted by atomic mass is 16.5. The zero-order valence-corrected chi connectivity index (χ0v) is 14.3. The van der Waals surface area contributed by atoms with Gasteiger partial charge in [-0.15, -0.1) is 0 Å². The monoisotopic (exact) mass is 326 g/mol. The minimum Gasteiger partial charge on any atom is -0.492 e. The molecule has 1 aliphatic rings. The second-order valence-corrected chi connectivity index (χ2v) is 6.59. The SMILES string of the molecule is CCCC(=O)Nc1ccc(Oc2cccc3c2C(C)(C)CO3)nc1. The van der Waals surface area contributed by atoms with E-state index in [4.69, 9.17) is 9.47 Å². The Morgan fingerprint density at radius 1 is 1.33 bits per heavy atom. The van der Waals surface area contributed by atoms with E-state index in [-0.39, 0.29) is 11.3 Å². The van der Waals surface area contributed by atoms with E-state index >= 15 is 0 Å². The van der Waals surface area contributed by atoms with Crippen molar-refractivity contribution in [3.8, 4) is 17.4 Å². The van der Waals surface area contributed by atoms with E-state index in [0.717, 1.165) is 23.5 Å². The van der Waals surface area contributed by atoms with Crippen LogP contribution in [0.15, 0.2) is 36.5 Å². The molecule has 126 valence electrons. The van der Waals surface area contributed by atoms with Crippen LogP contribution in [-0.4, -0.2) is 17.5 Å². The lowest BCUT2D eigenvalue weighted by Crippen LogP contribution is -2.19. The van der Waals surface area contributed by atoms with Gasteiger partial charge in [0.05, 0.1) is 18.5 Å². The average molecular weight is 326 g/mol. The number of amides is 1. The van der Waals surface area contributed by atoms with Gasteiger partial charge in [-0.05, 0) is 24.6 Å². The van der Waals surface area contributed by atoms with Crippen molar-refractivity contribution in [3.63, 3.8) is 0 Å². The number of carbonyl (C=O) groups is 1. The van der Waals surface area contributed by atoms with Crippen LogP contribution in [0.25, 0.3) is 0 Å². The lowest BCUT2D eigenvalue weighted by atomic mass is 9.86. The van der Waals surface area contributed by atoms with Crippen LogP contribution in [0.4, 0.5) is 5.69 Å². The highest BCUT2D eigenvalue weighted by molar-refractivity contribution is 5.90. The van der Waals surface area contributed by atoms with E-state index in [1.807, 2.05) is 25.1 Å². The van der Waals surface area contributed by atoms with Crippen molar-refractivity contribution in [2.24, 2.45) is 0 Å². The van der Waals surface area contributed by atoms with Crippen LogP contribution < -0.4 is 14.8 Å². The van der Waals surface area contributed by atoms with Gasteiger partial charge >= 0.3 is 0 Å². The van der Waals surface area contributed by atoms with Gasteiger partial charge in [-0.2, -0.15) is 0 Å². The summed E-state index contributed by atoms with van der Waals surface area (Å²) in [7, 11) is 0. The first-order valence-corrected chi connectivity index (χ1v) is 8.19. The molecule has 2 aromatic rings. The number of aromatic nitrogens is 1. The van der Waals surface area contributed by atoms with E-state index in [9.17, 15) is 4.79 Å². The molecule has 2 heterocycles. The molecule has 0 bridgehead atoms. The molecular weight excluding hydrogens is 304 g/mol. The number of nitrogens with zero attached hydrogens (tertiary/aromatic N) is 1. The van der Waals surface area contributed by atoms with Crippen molar-refractivity contribution in [1.29, 1.82) is 0 Å². The average Bonchev–Trinajstić information content (AvgIpc) is 2.86. The number of fused-ring (bicyclic) bond motifs is 1. The van der Waals surface area contributed by atoms with Gasteiger partial charge < -0.3 is 14.8 Å². The predicted molar refractivity (Wildman–Crippen MR) is 92.8 cm³/mol. The first-order chi connectivity index (χ1) is 11.5. The summed E-state index contributed by atoms with van der Waals surface area (Å²) >= 11 is 0.